The van der Waals surface area contributed by atoms with Crippen LogP contribution >= 0.6 is 17.0 Å². The van der Waals surface area contributed by atoms with Gasteiger partial charge in [0, 0.05) is 0 Å². The number of rotatable bonds is 2. The van der Waals surface area contributed by atoms with Crippen LogP contribution in [0.2, 0.25) is 0 Å². The molecule has 30 heavy (non-hydrogen) atoms. The summed E-state index contributed by atoms with van der Waals surface area (Å²) in [6, 6.07) is 26.0. The van der Waals surface area contributed by atoms with Crippen LogP contribution in [0.15, 0.2) is 72.8 Å². The molecule has 0 N–H and O–H groups in total. The molecule has 0 unspecified atom stereocenters. The van der Waals surface area contributed by atoms with Crippen LogP contribution in [0.4, 0.5) is 0 Å². The van der Waals surface area contributed by atoms with E-state index in [9.17, 15) is 0 Å². The maximum atomic E-state index is 5.54. The fraction of sp³-hybridized carbons (Fsp3) is 0.296. The first-order valence-corrected chi connectivity index (χ1v) is 18.1. The third-order valence-corrected chi connectivity index (χ3v) is 11.4. The van der Waals surface area contributed by atoms with Crippen molar-refractivity contribution in [3.05, 3.63) is 83.9 Å². The zero-order valence-corrected chi connectivity index (χ0v) is 22.8. The summed E-state index contributed by atoms with van der Waals surface area (Å²) in [5.41, 5.74) is 2.91. The van der Waals surface area contributed by atoms with Gasteiger partial charge >= 0.3 is 53.0 Å². The van der Waals surface area contributed by atoms with Gasteiger partial charge in [-0.3, -0.25) is 0 Å². The van der Waals surface area contributed by atoms with Crippen LogP contribution in [0, 0.1) is 0 Å². The number of fused-ring (bicyclic) bond motifs is 2. The molecule has 0 aromatic heterocycles. The number of hydrogen-bond donors (Lipinski definition) is 0. The summed E-state index contributed by atoms with van der Waals surface area (Å²) >= 11 is -1.84. The van der Waals surface area contributed by atoms with Crippen LogP contribution in [-0.2, 0) is 18.9 Å². The van der Waals surface area contributed by atoms with Gasteiger partial charge in [-0.1, -0.05) is 51.0 Å². The van der Waals surface area contributed by atoms with E-state index in [-0.39, 0.29) is 0 Å². The van der Waals surface area contributed by atoms with Crippen molar-refractivity contribution in [1.29, 1.82) is 0 Å². The van der Waals surface area contributed by atoms with Crippen molar-refractivity contribution in [2.75, 3.05) is 0 Å². The number of benzene rings is 2. The molecular formula is C27H32Cl2Zr-2. The Labute approximate surface area is 196 Å². The molecule has 0 saturated heterocycles. The zero-order chi connectivity index (χ0) is 22.3. The average Bonchev–Trinajstić information content (AvgIpc) is 3.37. The van der Waals surface area contributed by atoms with Crippen LogP contribution in [0.1, 0.15) is 64.5 Å². The summed E-state index contributed by atoms with van der Waals surface area (Å²) in [5, 5.41) is 5.54. The molecule has 160 valence electrons. The van der Waals surface area contributed by atoms with Crippen molar-refractivity contribution in [2.45, 2.75) is 53.4 Å². The van der Waals surface area contributed by atoms with Crippen molar-refractivity contribution in [3.63, 3.8) is 0 Å². The summed E-state index contributed by atoms with van der Waals surface area (Å²) in [4.78, 5) is 0. The van der Waals surface area contributed by atoms with E-state index in [4.69, 9.17) is 17.0 Å². The second kappa shape index (κ2) is 12.1. The summed E-state index contributed by atoms with van der Waals surface area (Å²) in [7, 11) is 11.1. The Morgan fingerprint density at radius 3 is 1.37 bits per heavy atom. The van der Waals surface area contributed by atoms with Gasteiger partial charge in [-0.05, 0) is 11.8 Å². The Morgan fingerprint density at radius 2 is 1.07 bits per heavy atom. The molecule has 3 heteroatoms. The molecule has 0 saturated carbocycles. The van der Waals surface area contributed by atoms with Gasteiger partial charge in [-0.25, -0.2) is 0 Å². The van der Waals surface area contributed by atoms with E-state index in [2.05, 4.69) is 100 Å². The second-order valence-electron chi connectivity index (χ2n) is 8.32. The predicted molar refractivity (Wildman–Crippen MR) is 135 cm³/mol. The van der Waals surface area contributed by atoms with Crippen molar-refractivity contribution >= 4 is 41.8 Å². The fourth-order valence-corrected chi connectivity index (χ4v) is 3.38. The van der Waals surface area contributed by atoms with Gasteiger partial charge in [-0.15, -0.1) is 57.9 Å². The van der Waals surface area contributed by atoms with E-state index in [0.29, 0.717) is 11.8 Å². The molecule has 0 aliphatic carbocycles. The van der Waals surface area contributed by atoms with Crippen molar-refractivity contribution in [2.24, 2.45) is 0 Å². The van der Waals surface area contributed by atoms with Gasteiger partial charge in [-0.2, -0.15) is 24.3 Å². The van der Waals surface area contributed by atoms with Gasteiger partial charge in [0.05, 0.1) is 0 Å². The number of hydrogen-bond acceptors (Lipinski definition) is 0. The van der Waals surface area contributed by atoms with Crippen LogP contribution in [0.5, 0.6) is 0 Å². The molecule has 4 rings (SSSR count). The SMILES string of the molecule is CC(C)c1cccc2[cH-]ccc12.CC(C)c1cccc2[cH-]ccc12.C[C](C)=[Zr]([Cl])[Cl]. The topological polar surface area (TPSA) is 0 Å². The third-order valence-electron chi connectivity index (χ3n) is 5.05. The first kappa shape index (κ1) is 25.3. The molecule has 0 fully saturated rings. The fourth-order valence-electron chi connectivity index (χ4n) is 3.38. The van der Waals surface area contributed by atoms with Gasteiger partial charge < -0.3 is 0 Å². The van der Waals surface area contributed by atoms with Crippen LogP contribution in [0.3, 0.4) is 0 Å². The number of halogens is 2. The van der Waals surface area contributed by atoms with E-state index in [1.54, 1.807) is 0 Å². The quantitative estimate of drug-likeness (QED) is 0.232. The average molecular weight is 519 g/mol. The van der Waals surface area contributed by atoms with Gasteiger partial charge in [0.15, 0.2) is 0 Å². The maximum absolute atomic E-state index is 5.54. The summed E-state index contributed by atoms with van der Waals surface area (Å²) in [6.45, 7) is 12.9. The van der Waals surface area contributed by atoms with Crippen molar-refractivity contribution in [1.82, 2.24) is 0 Å². The molecule has 4 aromatic rings. The summed E-state index contributed by atoms with van der Waals surface area (Å²) in [5.74, 6) is 1.24. The Balaban J connectivity index is 0.000000171. The molecule has 0 aliphatic rings. The van der Waals surface area contributed by atoms with Gasteiger partial charge in [0.25, 0.3) is 0 Å². The molecule has 0 radical (unpaired) electrons. The third kappa shape index (κ3) is 7.01. The summed E-state index contributed by atoms with van der Waals surface area (Å²) < 4.78 is 1.24. The summed E-state index contributed by atoms with van der Waals surface area (Å²) in [6.07, 6.45) is 0. The predicted octanol–water partition coefficient (Wildman–Crippen LogP) is 9.49. The van der Waals surface area contributed by atoms with E-state index >= 15 is 0 Å². The Kier molecular flexibility index (Phi) is 10.2. The van der Waals surface area contributed by atoms with Gasteiger partial charge in [0.1, 0.15) is 0 Å². The van der Waals surface area contributed by atoms with Crippen LogP contribution in [0.25, 0.3) is 21.5 Å². The van der Waals surface area contributed by atoms with Crippen LogP contribution in [-0.4, -0.2) is 3.21 Å². The minimum absolute atomic E-state index is 0.621. The molecule has 0 atom stereocenters. The molecular weight excluding hydrogens is 486 g/mol. The van der Waals surface area contributed by atoms with Crippen molar-refractivity contribution in [3.8, 4) is 0 Å². The molecule has 4 aromatic carbocycles. The Hall–Kier alpha value is -1.01. The molecule has 0 bridgehead atoms. The standard InChI is InChI=1S/2C12H13.C3H6.2ClH.Zr/c2*1-9(2)11-7-3-5-10-6-4-8-12(10)11;1-3-2;;;/h2*3-9H,1-2H3;1-2H3;2*1H;/q2*-1;;;;+2/p-2. The Bertz CT molecular complexity index is 1000. The zero-order valence-electron chi connectivity index (χ0n) is 18.8. The second-order valence-corrected chi connectivity index (χ2v) is 17.7. The van der Waals surface area contributed by atoms with Gasteiger partial charge in [0.2, 0.25) is 0 Å². The Morgan fingerprint density at radius 1 is 0.700 bits per heavy atom. The van der Waals surface area contributed by atoms with E-state index in [1.807, 2.05) is 13.8 Å². The first-order chi connectivity index (χ1) is 14.2. The molecule has 0 nitrogen and oxygen atoms in total. The first-order valence-electron chi connectivity index (χ1n) is 10.5. The monoisotopic (exact) mass is 516 g/mol. The van der Waals surface area contributed by atoms with E-state index < -0.39 is 18.9 Å². The van der Waals surface area contributed by atoms with E-state index in [1.165, 1.54) is 35.9 Å². The van der Waals surface area contributed by atoms with Crippen LogP contribution < -0.4 is 0 Å². The molecule has 0 heterocycles. The molecule has 0 amide bonds. The molecule has 0 aliphatic heterocycles. The normalized spacial score (nSPS) is 10.6. The van der Waals surface area contributed by atoms with Crippen molar-refractivity contribution < 1.29 is 18.9 Å². The van der Waals surface area contributed by atoms with E-state index in [0.717, 1.165) is 0 Å². The minimum atomic E-state index is -1.84. The molecule has 0 spiro atoms.